The minimum absolute atomic E-state index is 0.0405. The SMILES string of the molecule is ClCC1CCOC1c1cc(Cl)cc(Cl)c1. The molecule has 1 aliphatic rings. The molecule has 82 valence electrons. The topological polar surface area (TPSA) is 9.23 Å². The van der Waals surface area contributed by atoms with Crippen molar-refractivity contribution in [2.75, 3.05) is 12.5 Å². The van der Waals surface area contributed by atoms with Crippen molar-refractivity contribution in [1.29, 1.82) is 0 Å². The van der Waals surface area contributed by atoms with Crippen molar-refractivity contribution in [2.45, 2.75) is 12.5 Å². The maximum atomic E-state index is 5.95. The first-order valence-electron chi connectivity index (χ1n) is 4.84. The molecular weight excluding hydrogens is 254 g/mol. The third-order valence-corrected chi connectivity index (χ3v) is 3.46. The number of rotatable bonds is 2. The Labute approximate surface area is 104 Å². The van der Waals surface area contributed by atoms with Crippen LogP contribution in [0.5, 0.6) is 0 Å². The van der Waals surface area contributed by atoms with Crippen LogP contribution in [0.2, 0.25) is 10.0 Å². The number of ether oxygens (including phenoxy) is 1. The Morgan fingerprint density at radius 3 is 2.47 bits per heavy atom. The summed E-state index contributed by atoms with van der Waals surface area (Å²) in [4.78, 5) is 0. The van der Waals surface area contributed by atoms with Crippen LogP contribution in [0.25, 0.3) is 0 Å². The summed E-state index contributed by atoms with van der Waals surface area (Å²) in [6.45, 7) is 0.756. The second-order valence-electron chi connectivity index (χ2n) is 3.70. The molecule has 1 aromatic rings. The van der Waals surface area contributed by atoms with Crippen molar-refractivity contribution in [3.63, 3.8) is 0 Å². The highest BCUT2D eigenvalue weighted by atomic mass is 35.5. The van der Waals surface area contributed by atoms with E-state index in [0.717, 1.165) is 18.6 Å². The van der Waals surface area contributed by atoms with Gasteiger partial charge in [0.2, 0.25) is 0 Å². The van der Waals surface area contributed by atoms with Crippen LogP contribution in [0.15, 0.2) is 18.2 Å². The molecule has 1 saturated heterocycles. The van der Waals surface area contributed by atoms with Crippen LogP contribution in [0, 0.1) is 5.92 Å². The number of alkyl halides is 1. The molecule has 0 spiro atoms. The van der Waals surface area contributed by atoms with Crippen LogP contribution in [0.3, 0.4) is 0 Å². The summed E-state index contributed by atoms with van der Waals surface area (Å²) in [5.74, 6) is 0.968. The Hall–Kier alpha value is 0.0500. The third-order valence-electron chi connectivity index (χ3n) is 2.63. The molecule has 2 rings (SSSR count). The fourth-order valence-corrected chi connectivity index (χ4v) is 2.76. The van der Waals surface area contributed by atoms with Crippen molar-refractivity contribution in [2.24, 2.45) is 5.92 Å². The lowest BCUT2D eigenvalue weighted by Crippen LogP contribution is -2.08. The van der Waals surface area contributed by atoms with Crippen molar-refractivity contribution in [3.8, 4) is 0 Å². The van der Waals surface area contributed by atoms with Crippen molar-refractivity contribution in [1.82, 2.24) is 0 Å². The first kappa shape index (κ1) is 11.5. The van der Waals surface area contributed by atoms with E-state index in [4.69, 9.17) is 39.5 Å². The van der Waals surface area contributed by atoms with Gasteiger partial charge in [0.1, 0.15) is 0 Å². The van der Waals surface area contributed by atoms with Gasteiger partial charge in [-0.2, -0.15) is 0 Å². The minimum Gasteiger partial charge on any atom is -0.373 e. The van der Waals surface area contributed by atoms with Gasteiger partial charge < -0.3 is 4.74 Å². The van der Waals surface area contributed by atoms with E-state index in [1.807, 2.05) is 12.1 Å². The summed E-state index contributed by atoms with van der Waals surface area (Å²) >= 11 is 17.8. The maximum Gasteiger partial charge on any atom is 0.0866 e. The van der Waals surface area contributed by atoms with Gasteiger partial charge in [0.05, 0.1) is 6.10 Å². The normalized spacial score (nSPS) is 25.8. The summed E-state index contributed by atoms with van der Waals surface area (Å²) in [5.41, 5.74) is 1.02. The molecule has 15 heavy (non-hydrogen) atoms. The largest absolute Gasteiger partial charge is 0.373 e. The lowest BCUT2D eigenvalue weighted by Gasteiger charge is -2.17. The predicted octanol–water partition coefficient (Wildman–Crippen LogP) is 4.31. The fourth-order valence-electron chi connectivity index (χ4n) is 1.90. The lowest BCUT2D eigenvalue weighted by atomic mass is 9.97. The fraction of sp³-hybridized carbons (Fsp3) is 0.455. The molecule has 0 saturated carbocycles. The van der Waals surface area contributed by atoms with E-state index in [9.17, 15) is 0 Å². The average molecular weight is 266 g/mol. The van der Waals surface area contributed by atoms with Gasteiger partial charge in [-0.3, -0.25) is 0 Å². The molecule has 0 amide bonds. The molecule has 2 unspecified atom stereocenters. The summed E-state index contributed by atoms with van der Waals surface area (Å²) in [6.07, 6.45) is 1.04. The van der Waals surface area contributed by atoms with E-state index < -0.39 is 0 Å². The highest BCUT2D eigenvalue weighted by Gasteiger charge is 2.29. The maximum absolute atomic E-state index is 5.95. The summed E-state index contributed by atoms with van der Waals surface area (Å²) in [7, 11) is 0. The first-order valence-corrected chi connectivity index (χ1v) is 6.13. The number of halogens is 3. The minimum atomic E-state index is 0.0405. The van der Waals surface area contributed by atoms with E-state index in [2.05, 4.69) is 0 Å². The molecule has 1 aliphatic heterocycles. The van der Waals surface area contributed by atoms with Gasteiger partial charge in [0, 0.05) is 28.5 Å². The van der Waals surface area contributed by atoms with E-state index in [0.29, 0.717) is 21.8 Å². The predicted molar refractivity (Wildman–Crippen MR) is 64.0 cm³/mol. The zero-order chi connectivity index (χ0) is 10.8. The van der Waals surface area contributed by atoms with Gasteiger partial charge in [0.25, 0.3) is 0 Å². The van der Waals surface area contributed by atoms with Crippen LogP contribution in [-0.4, -0.2) is 12.5 Å². The molecule has 1 fully saturated rings. The smallest absolute Gasteiger partial charge is 0.0866 e. The van der Waals surface area contributed by atoms with Crippen LogP contribution in [-0.2, 0) is 4.74 Å². The van der Waals surface area contributed by atoms with Gasteiger partial charge in [-0.15, -0.1) is 11.6 Å². The monoisotopic (exact) mass is 264 g/mol. The molecular formula is C11H11Cl3O. The van der Waals surface area contributed by atoms with Crippen molar-refractivity contribution in [3.05, 3.63) is 33.8 Å². The zero-order valence-corrected chi connectivity index (χ0v) is 10.3. The van der Waals surface area contributed by atoms with Crippen LogP contribution in [0.4, 0.5) is 0 Å². The van der Waals surface area contributed by atoms with E-state index in [1.54, 1.807) is 6.07 Å². The van der Waals surface area contributed by atoms with E-state index in [-0.39, 0.29) is 6.10 Å². The van der Waals surface area contributed by atoms with Gasteiger partial charge in [-0.1, -0.05) is 23.2 Å². The molecule has 0 aliphatic carbocycles. The van der Waals surface area contributed by atoms with E-state index in [1.165, 1.54) is 0 Å². The molecule has 0 bridgehead atoms. The number of hydrogen-bond acceptors (Lipinski definition) is 1. The Morgan fingerprint density at radius 2 is 1.87 bits per heavy atom. The lowest BCUT2D eigenvalue weighted by molar-refractivity contribution is 0.0952. The highest BCUT2D eigenvalue weighted by Crippen LogP contribution is 2.37. The molecule has 4 heteroatoms. The second-order valence-corrected chi connectivity index (χ2v) is 4.88. The van der Waals surface area contributed by atoms with Gasteiger partial charge >= 0.3 is 0 Å². The molecule has 0 aromatic heterocycles. The van der Waals surface area contributed by atoms with Crippen molar-refractivity contribution < 1.29 is 4.74 Å². The Kier molecular flexibility index (Phi) is 3.78. The molecule has 1 heterocycles. The molecule has 0 N–H and O–H groups in total. The highest BCUT2D eigenvalue weighted by molar-refractivity contribution is 6.34. The van der Waals surface area contributed by atoms with Gasteiger partial charge in [-0.05, 0) is 30.2 Å². The number of benzene rings is 1. The summed E-state index contributed by atoms with van der Waals surface area (Å²) < 4.78 is 5.65. The molecule has 1 nitrogen and oxygen atoms in total. The quantitative estimate of drug-likeness (QED) is 0.724. The Balaban J connectivity index is 2.28. The second kappa shape index (κ2) is 4.92. The average Bonchev–Trinajstić information content (AvgIpc) is 2.63. The standard InChI is InChI=1S/C11H11Cl3O/c12-6-7-1-2-15-11(7)8-3-9(13)5-10(14)4-8/h3-5,7,11H,1-2,6H2. The first-order chi connectivity index (χ1) is 7.20. The van der Waals surface area contributed by atoms with Crippen LogP contribution in [0.1, 0.15) is 18.1 Å². The molecule has 2 atom stereocenters. The van der Waals surface area contributed by atoms with Crippen LogP contribution >= 0.6 is 34.8 Å². The van der Waals surface area contributed by atoms with Gasteiger partial charge in [0.15, 0.2) is 0 Å². The van der Waals surface area contributed by atoms with E-state index >= 15 is 0 Å². The van der Waals surface area contributed by atoms with Gasteiger partial charge in [-0.25, -0.2) is 0 Å². The van der Waals surface area contributed by atoms with Crippen molar-refractivity contribution >= 4 is 34.8 Å². The number of hydrogen-bond donors (Lipinski definition) is 0. The Morgan fingerprint density at radius 1 is 1.20 bits per heavy atom. The Bertz CT molecular complexity index is 333. The third kappa shape index (κ3) is 2.59. The summed E-state index contributed by atoms with van der Waals surface area (Å²) in [6, 6.07) is 5.50. The molecule has 1 aromatic carbocycles. The molecule has 0 radical (unpaired) electrons. The zero-order valence-electron chi connectivity index (χ0n) is 8.05. The summed E-state index contributed by atoms with van der Waals surface area (Å²) in [5, 5.41) is 1.28. The van der Waals surface area contributed by atoms with Crippen LogP contribution < -0.4 is 0 Å².